The highest BCUT2D eigenvalue weighted by atomic mass is 32.2. The quantitative estimate of drug-likeness (QED) is 0.424. The lowest BCUT2D eigenvalue weighted by atomic mass is 10.2. The highest BCUT2D eigenvalue weighted by Crippen LogP contribution is 2.30. The molecule has 0 aliphatic heterocycles. The maximum absolute atomic E-state index is 10.9. The molecule has 0 bridgehead atoms. The van der Waals surface area contributed by atoms with Crippen molar-refractivity contribution in [2.24, 2.45) is 4.99 Å². The number of carboxylic acid groups (broad SMARTS) is 1. The first-order chi connectivity index (χ1) is 13.6. The Kier molecular flexibility index (Phi) is 6.39. The minimum absolute atomic E-state index is 0.0954. The van der Waals surface area contributed by atoms with Crippen LogP contribution in [0.1, 0.15) is 21.9 Å². The minimum atomic E-state index is -1.12. The average molecular weight is 397 g/mol. The molecule has 0 saturated heterocycles. The topological polar surface area (TPSA) is 81.3 Å². The molecular weight excluding hydrogens is 378 g/mol. The lowest BCUT2D eigenvalue weighted by molar-refractivity contribution is 0.0658. The van der Waals surface area contributed by atoms with E-state index in [0.717, 1.165) is 16.1 Å². The zero-order chi connectivity index (χ0) is 19.9. The summed E-state index contributed by atoms with van der Waals surface area (Å²) in [5.41, 5.74) is 1.77. The van der Waals surface area contributed by atoms with E-state index in [0.29, 0.717) is 17.3 Å². The zero-order valence-electron chi connectivity index (χ0n) is 15.4. The number of carbonyl (C=O) groups is 1. The molecule has 0 fully saturated rings. The summed E-state index contributed by atoms with van der Waals surface area (Å²) < 4.78 is 16.3. The summed E-state index contributed by atoms with van der Waals surface area (Å²) in [7, 11) is 1.56. The van der Waals surface area contributed by atoms with Gasteiger partial charge in [0, 0.05) is 11.1 Å². The van der Waals surface area contributed by atoms with Crippen LogP contribution in [-0.4, -0.2) is 30.7 Å². The maximum Gasteiger partial charge on any atom is 0.371 e. The molecule has 1 aromatic heterocycles. The molecule has 3 rings (SSSR count). The van der Waals surface area contributed by atoms with Gasteiger partial charge in [-0.05, 0) is 54.3 Å². The van der Waals surface area contributed by atoms with Crippen molar-refractivity contribution in [1.29, 1.82) is 0 Å². The molecule has 0 radical (unpaired) electrons. The van der Waals surface area contributed by atoms with Gasteiger partial charge in [-0.3, -0.25) is 4.99 Å². The van der Waals surface area contributed by atoms with Crippen molar-refractivity contribution < 1.29 is 23.8 Å². The summed E-state index contributed by atoms with van der Waals surface area (Å²) in [5, 5.41) is 8.89. The molecule has 3 aromatic rings. The molecule has 0 aliphatic carbocycles. The van der Waals surface area contributed by atoms with E-state index in [-0.39, 0.29) is 12.4 Å². The fourth-order valence-corrected chi connectivity index (χ4v) is 3.03. The van der Waals surface area contributed by atoms with Gasteiger partial charge in [0.25, 0.3) is 0 Å². The van der Waals surface area contributed by atoms with Crippen LogP contribution in [0, 0.1) is 0 Å². The van der Waals surface area contributed by atoms with Gasteiger partial charge in [0.05, 0.1) is 12.8 Å². The van der Waals surface area contributed by atoms with Crippen molar-refractivity contribution in [2.45, 2.75) is 11.5 Å². The number of carboxylic acids is 1. The molecule has 0 atom stereocenters. The van der Waals surface area contributed by atoms with E-state index in [1.54, 1.807) is 37.2 Å². The number of furan rings is 1. The molecule has 0 unspecified atom stereocenters. The summed E-state index contributed by atoms with van der Waals surface area (Å²) >= 11 is 1.64. The lowest BCUT2D eigenvalue weighted by Gasteiger charge is -2.10. The van der Waals surface area contributed by atoms with E-state index in [1.165, 1.54) is 6.07 Å². The van der Waals surface area contributed by atoms with Gasteiger partial charge in [0.2, 0.25) is 5.76 Å². The van der Waals surface area contributed by atoms with Gasteiger partial charge in [-0.2, -0.15) is 0 Å². The van der Waals surface area contributed by atoms with E-state index in [2.05, 4.69) is 4.99 Å². The smallest absolute Gasteiger partial charge is 0.371 e. The molecule has 0 spiro atoms. The summed E-state index contributed by atoms with van der Waals surface area (Å²) in [6.07, 6.45) is 3.79. The molecule has 0 aliphatic rings. The first-order valence-corrected chi connectivity index (χ1v) is 9.63. The number of rotatable bonds is 8. The van der Waals surface area contributed by atoms with Crippen LogP contribution in [0.15, 0.2) is 68.9 Å². The van der Waals surface area contributed by atoms with Crippen LogP contribution >= 0.6 is 11.8 Å². The van der Waals surface area contributed by atoms with E-state index in [9.17, 15) is 4.79 Å². The Labute approximate surface area is 166 Å². The number of nitrogens with zero attached hydrogens (tertiary/aromatic N) is 1. The molecule has 0 saturated carbocycles. The number of benzene rings is 2. The number of hydrogen-bond acceptors (Lipinski definition) is 6. The third-order valence-electron chi connectivity index (χ3n) is 3.87. The number of aliphatic imine (C=N–C) groups is 1. The maximum atomic E-state index is 10.9. The van der Waals surface area contributed by atoms with Crippen molar-refractivity contribution in [3.8, 4) is 11.5 Å². The first-order valence-electron chi connectivity index (χ1n) is 8.40. The number of ether oxygens (including phenoxy) is 2. The average Bonchev–Trinajstić information content (AvgIpc) is 3.20. The Morgan fingerprint density at radius 1 is 1.18 bits per heavy atom. The van der Waals surface area contributed by atoms with Crippen LogP contribution in [0.4, 0.5) is 5.69 Å². The number of hydrogen-bond donors (Lipinski definition) is 1. The van der Waals surface area contributed by atoms with Crippen molar-refractivity contribution in [3.63, 3.8) is 0 Å². The Balaban J connectivity index is 1.72. The molecule has 7 heteroatoms. The van der Waals surface area contributed by atoms with Gasteiger partial charge in [0.1, 0.15) is 12.4 Å². The highest BCUT2D eigenvalue weighted by Gasteiger charge is 2.11. The van der Waals surface area contributed by atoms with E-state index in [1.807, 2.05) is 42.7 Å². The second kappa shape index (κ2) is 9.14. The molecule has 6 nitrogen and oxygen atoms in total. The van der Waals surface area contributed by atoms with Gasteiger partial charge in [-0.1, -0.05) is 12.1 Å². The minimum Gasteiger partial charge on any atom is -0.493 e. The second-order valence-electron chi connectivity index (χ2n) is 5.70. The first kappa shape index (κ1) is 19.6. The second-order valence-corrected chi connectivity index (χ2v) is 6.55. The Morgan fingerprint density at radius 2 is 2.00 bits per heavy atom. The largest absolute Gasteiger partial charge is 0.493 e. The number of aromatic carboxylic acids is 1. The van der Waals surface area contributed by atoms with E-state index < -0.39 is 5.97 Å². The summed E-state index contributed by atoms with van der Waals surface area (Å²) in [5.74, 6) is 0.251. The van der Waals surface area contributed by atoms with E-state index in [4.69, 9.17) is 19.0 Å². The Hall–Kier alpha value is -3.19. The molecule has 0 amide bonds. The summed E-state index contributed by atoms with van der Waals surface area (Å²) in [4.78, 5) is 16.5. The van der Waals surface area contributed by atoms with Crippen molar-refractivity contribution in [1.82, 2.24) is 0 Å². The number of thioether (sulfide) groups is 1. The molecular formula is C21H19NO5S. The van der Waals surface area contributed by atoms with Gasteiger partial charge in [-0.15, -0.1) is 11.8 Å². The third-order valence-corrected chi connectivity index (χ3v) is 4.65. The number of para-hydroxylation sites is 1. The molecule has 28 heavy (non-hydrogen) atoms. The molecule has 1 N–H and O–H groups in total. The normalized spacial score (nSPS) is 10.9. The fraction of sp³-hybridized carbons (Fsp3) is 0.143. The molecule has 2 aromatic carbocycles. The fourth-order valence-electron chi connectivity index (χ4n) is 2.48. The van der Waals surface area contributed by atoms with Crippen LogP contribution in [0.5, 0.6) is 11.5 Å². The van der Waals surface area contributed by atoms with Crippen molar-refractivity contribution >= 4 is 29.6 Å². The number of methoxy groups -OCH3 is 1. The van der Waals surface area contributed by atoms with Gasteiger partial charge in [-0.25, -0.2) is 4.79 Å². The van der Waals surface area contributed by atoms with Crippen LogP contribution in [0.3, 0.4) is 0 Å². The van der Waals surface area contributed by atoms with Crippen molar-refractivity contribution in [2.75, 3.05) is 13.4 Å². The standard InChI is InChI=1S/C21H19NO5S/c1-25-19-11-14(12-22-16-5-3-4-6-20(16)28-2)7-9-17(19)26-13-15-8-10-18(27-15)21(23)24/h3-12H,13H2,1-2H3,(H,23,24). The predicted octanol–water partition coefficient (Wildman–Crippen LogP) is 5.04. The summed E-state index contributed by atoms with van der Waals surface area (Å²) in [6.45, 7) is 0.0954. The van der Waals surface area contributed by atoms with Gasteiger partial charge >= 0.3 is 5.97 Å². The van der Waals surface area contributed by atoms with E-state index >= 15 is 0 Å². The SMILES string of the molecule is COc1cc(C=Nc2ccccc2SC)ccc1OCc1ccc(C(=O)O)o1. The Bertz CT molecular complexity index is 996. The monoisotopic (exact) mass is 397 g/mol. The van der Waals surface area contributed by atoms with Crippen molar-refractivity contribution in [3.05, 3.63) is 71.7 Å². The van der Waals surface area contributed by atoms with Crippen LogP contribution in [0.2, 0.25) is 0 Å². The van der Waals surface area contributed by atoms with Crippen LogP contribution in [0.25, 0.3) is 0 Å². The lowest BCUT2D eigenvalue weighted by Crippen LogP contribution is -1.98. The van der Waals surface area contributed by atoms with Gasteiger partial charge < -0.3 is 19.0 Å². The molecule has 1 heterocycles. The van der Waals surface area contributed by atoms with Gasteiger partial charge in [0.15, 0.2) is 11.5 Å². The van der Waals surface area contributed by atoms with Crippen LogP contribution in [-0.2, 0) is 6.61 Å². The predicted molar refractivity (Wildman–Crippen MR) is 108 cm³/mol. The van der Waals surface area contributed by atoms with Crippen LogP contribution < -0.4 is 9.47 Å². The highest BCUT2D eigenvalue weighted by molar-refractivity contribution is 7.98. The zero-order valence-corrected chi connectivity index (χ0v) is 16.2. The summed E-state index contributed by atoms with van der Waals surface area (Å²) in [6, 6.07) is 16.4. The molecule has 144 valence electrons. The Morgan fingerprint density at radius 3 is 2.71 bits per heavy atom. The third kappa shape index (κ3) is 4.75.